The highest BCUT2D eigenvalue weighted by Crippen LogP contribution is 2.37. The van der Waals surface area contributed by atoms with Gasteiger partial charge in [-0.15, -0.1) is 0 Å². The molecule has 22 heavy (non-hydrogen) atoms. The molecule has 1 heterocycles. The van der Waals surface area contributed by atoms with Crippen LogP contribution in [0.4, 0.5) is 0 Å². The fraction of sp³-hybridized carbons (Fsp3) is 0.733. The summed E-state index contributed by atoms with van der Waals surface area (Å²) in [5, 5.41) is 0. The van der Waals surface area contributed by atoms with Crippen LogP contribution in [0.25, 0.3) is 0 Å². The van der Waals surface area contributed by atoms with Crippen molar-refractivity contribution in [1.29, 1.82) is 0 Å². The molecule has 0 amide bonds. The van der Waals surface area contributed by atoms with Gasteiger partial charge in [0.25, 0.3) is 0 Å². The van der Waals surface area contributed by atoms with Crippen molar-refractivity contribution in [3.63, 3.8) is 0 Å². The van der Waals surface area contributed by atoms with E-state index in [-0.39, 0.29) is 0 Å². The Bertz CT molecular complexity index is 425. The molecule has 0 radical (unpaired) electrons. The van der Waals surface area contributed by atoms with E-state index in [1.165, 1.54) is 14.2 Å². The van der Waals surface area contributed by atoms with Crippen LogP contribution in [0, 0.1) is 11.8 Å². The predicted molar refractivity (Wildman–Crippen MR) is 81.9 cm³/mol. The molecule has 1 saturated heterocycles. The first-order valence-electron chi connectivity index (χ1n) is 7.25. The maximum absolute atomic E-state index is 11.7. The van der Waals surface area contributed by atoms with E-state index >= 15 is 0 Å². The van der Waals surface area contributed by atoms with Crippen LogP contribution in [0.15, 0.2) is 12.1 Å². The van der Waals surface area contributed by atoms with Crippen molar-refractivity contribution in [1.82, 2.24) is 0 Å². The number of hydrogen-bond acceptors (Lipinski definition) is 6. The monoisotopic (exact) mass is 312 g/mol. The lowest BCUT2D eigenvalue weighted by Gasteiger charge is -2.32. The van der Waals surface area contributed by atoms with E-state index in [2.05, 4.69) is 9.47 Å². The lowest BCUT2D eigenvalue weighted by Crippen LogP contribution is -2.41. The minimum absolute atomic E-state index is 0.404. The van der Waals surface area contributed by atoms with Crippen molar-refractivity contribution in [2.45, 2.75) is 45.8 Å². The molecule has 0 aromatic carbocycles. The van der Waals surface area contributed by atoms with Crippen LogP contribution in [0.5, 0.6) is 0 Å². The maximum atomic E-state index is 11.7. The third-order valence-corrected chi connectivity index (χ3v) is 4.28. The van der Waals surface area contributed by atoms with E-state index in [1.807, 2.05) is 27.7 Å². The predicted octanol–water partition coefficient (Wildman–Crippen LogP) is 1.77. The van der Waals surface area contributed by atoms with Gasteiger partial charge in [-0.05, 0) is 33.6 Å². The first-order chi connectivity index (χ1) is 10.1. The summed E-state index contributed by atoms with van der Waals surface area (Å²) in [4.78, 5) is 23.5. The highest BCUT2D eigenvalue weighted by atomic mass is 16.7. The summed E-state index contributed by atoms with van der Waals surface area (Å²) in [7, 11) is 1.95. The van der Waals surface area contributed by atoms with Crippen molar-refractivity contribution in [3.05, 3.63) is 12.1 Å². The molecule has 0 spiro atoms. The van der Waals surface area contributed by atoms with Gasteiger partial charge in [0, 0.05) is 0 Å². The quantitative estimate of drug-likeness (QED) is 0.438. The SMILES string of the molecule is COC(=O)C(C(=O)OC)[C@@H](C)/C=C/B1OC(C)(C)C(C)(C)O1. The van der Waals surface area contributed by atoms with Crippen LogP contribution >= 0.6 is 0 Å². The standard InChI is InChI=1S/C15H25BO6/c1-10(11(12(17)19-6)13(18)20-7)8-9-16-21-14(2,3)15(4,5)22-16/h8-11H,1-7H3/b9-8+/t10-/m0/s1. The minimum atomic E-state index is -1.01. The summed E-state index contributed by atoms with van der Waals surface area (Å²) in [6.45, 7) is 9.55. The smallest absolute Gasteiger partial charge is 0.468 e. The number of esters is 2. The van der Waals surface area contributed by atoms with Crippen LogP contribution in [-0.2, 0) is 28.4 Å². The molecule has 1 fully saturated rings. The fourth-order valence-electron chi connectivity index (χ4n) is 2.12. The minimum Gasteiger partial charge on any atom is -0.468 e. The molecule has 0 aromatic heterocycles. The Kier molecular flexibility index (Phi) is 5.81. The Morgan fingerprint density at radius 3 is 1.77 bits per heavy atom. The maximum Gasteiger partial charge on any atom is 0.486 e. The number of hydrogen-bond donors (Lipinski definition) is 0. The van der Waals surface area contributed by atoms with Crippen molar-refractivity contribution < 1.29 is 28.4 Å². The molecule has 0 aliphatic carbocycles. The molecular formula is C15H25BO6. The number of carbonyl (C=O) groups excluding carboxylic acids is 2. The number of allylic oxidation sites excluding steroid dienone is 1. The normalized spacial score (nSPS) is 21.2. The Morgan fingerprint density at radius 1 is 1.00 bits per heavy atom. The largest absolute Gasteiger partial charge is 0.486 e. The molecule has 7 heteroatoms. The average Bonchev–Trinajstić information content (AvgIpc) is 2.64. The summed E-state index contributed by atoms with van der Waals surface area (Å²) in [5.74, 6) is -0.955. The molecule has 6 nitrogen and oxygen atoms in total. The first-order valence-corrected chi connectivity index (χ1v) is 7.25. The third kappa shape index (κ3) is 3.90. The van der Waals surface area contributed by atoms with Crippen LogP contribution in [0.3, 0.4) is 0 Å². The van der Waals surface area contributed by atoms with Gasteiger partial charge in [-0.1, -0.05) is 19.0 Å². The summed E-state index contributed by atoms with van der Waals surface area (Å²) in [6.07, 6.45) is 1.71. The van der Waals surface area contributed by atoms with Gasteiger partial charge in [0.1, 0.15) is 0 Å². The van der Waals surface area contributed by atoms with E-state index in [4.69, 9.17) is 9.31 Å². The van der Waals surface area contributed by atoms with E-state index in [0.717, 1.165) is 0 Å². The molecule has 0 unspecified atom stereocenters. The molecule has 0 saturated carbocycles. The lowest BCUT2D eigenvalue weighted by molar-refractivity contribution is -0.160. The lowest BCUT2D eigenvalue weighted by atomic mass is 9.85. The van der Waals surface area contributed by atoms with Crippen LogP contribution in [-0.4, -0.2) is 44.5 Å². The number of carbonyl (C=O) groups is 2. The number of rotatable bonds is 5. The van der Waals surface area contributed by atoms with Crippen LogP contribution in [0.2, 0.25) is 0 Å². The molecule has 1 rings (SSSR count). The second kappa shape index (κ2) is 6.83. The Balaban J connectivity index is 2.80. The summed E-state index contributed by atoms with van der Waals surface area (Å²) in [5.41, 5.74) is -0.870. The van der Waals surface area contributed by atoms with Gasteiger partial charge < -0.3 is 18.8 Å². The van der Waals surface area contributed by atoms with Gasteiger partial charge >= 0.3 is 19.1 Å². The van der Waals surface area contributed by atoms with Gasteiger partial charge in [0.05, 0.1) is 25.4 Å². The number of ether oxygens (including phenoxy) is 2. The van der Waals surface area contributed by atoms with Gasteiger partial charge in [0.2, 0.25) is 0 Å². The van der Waals surface area contributed by atoms with E-state index in [1.54, 1.807) is 19.0 Å². The molecule has 0 aromatic rings. The molecule has 1 atom stereocenters. The van der Waals surface area contributed by atoms with E-state index < -0.39 is 42.1 Å². The Morgan fingerprint density at radius 2 is 1.41 bits per heavy atom. The molecule has 0 N–H and O–H groups in total. The van der Waals surface area contributed by atoms with Crippen molar-refractivity contribution in [2.75, 3.05) is 14.2 Å². The Labute approximate surface area is 132 Å². The molecule has 0 bridgehead atoms. The molecule has 1 aliphatic rings. The fourth-order valence-corrected chi connectivity index (χ4v) is 2.12. The van der Waals surface area contributed by atoms with Gasteiger partial charge in [-0.25, -0.2) is 0 Å². The zero-order chi connectivity index (χ0) is 17.1. The highest BCUT2D eigenvalue weighted by molar-refractivity contribution is 6.51. The van der Waals surface area contributed by atoms with Gasteiger partial charge in [-0.3, -0.25) is 9.59 Å². The zero-order valence-electron chi connectivity index (χ0n) is 14.3. The van der Waals surface area contributed by atoms with E-state index in [0.29, 0.717) is 0 Å². The molecule has 1 aliphatic heterocycles. The van der Waals surface area contributed by atoms with Crippen molar-refractivity contribution in [3.8, 4) is 0 Å². The topological polar surface area (TPSA) is 71.1 Å². The second-order valence-corrected chi connectivity index (χ2v) is 6.39. The first kappa shape index (κ1) is 18.7. The third-order valence-electron chi connectivity index (χ3n) is 4.28. The second-order valence-electron chi connectivity index (χ2n) is 6.39. The summed E-state index contributed by atoms with van der Waals surface area (Å²) >= 11 is 0. The average molecular weight is 312 g/mol. The van der Waals surface area contributed by atoms with Crippen molar-refractivity contribution >= 4 is 19.1 Å². The Hall–Kier alpha value is -1.34. The number of methoxy groups -OCH3 is 2. The highest BCUT2D eigenvalue weighted by Gasteiger charge is 2.50. The molecule has 124 valence electrons. The van der Waals surface area contributed by atoms with E-state index in [9.17, 15) is 9.59 Å². The van der Waals surface area contributed by atoms with Crippen molar-refractivity contribution in [2.24, 2.45) is 11.8 Å². The van der Waals surface area contributed by atoms with Gasteiger partial charge in [-0.2, -0.15) is 0 Å². The van der Waals surface area contributed by atoms with Crippen LogP contribution < -0.4 is 0 Å². The van der Waals surface area contributed by atoms with Crippen LogP contribution in [0.1, 0.15) is 34.6 Å². The zero-order valence-corrected chi connectivity index (χ0v) is 14.3. The summed E-state index contributed by atoms with van der Waals surface area (Å²) < 4.78 is 21.0. The molecular weight excluding hydrogens is 287 g/mol. The van der Waals surface area contributed by atoms with Gasteiger partial charge in [0.15, 0.2) is 5.92 Å². The summed E-state index contributed by atoms with van der Waals surface area (Å²) in [6, 6.07) is 0.